The molecule has 0 fully saturated rings. The summed E-state index contributed by atoms with van der Waals surface area (Å²) in [6.07, 6.45) is 0.902. The molecule has 1 aromatic heterocycles. The normalized spacial score (nSPS) is 12.3. The molecule has 0 bridgehead atoms. The lowest BCUT2D eigenvalue weighted by Crippen LogP contribution is -2.09. The molecule has 2 heterocycles. The Kier molecular flexibility index (Phi) is 4.77. The molecule has 0 atom stereocenters. The molecule has 0 radical (unpaired) electrons. The van der Waals surface area contributed by atoms with Crippen molar-refractivity contribution in [2.45, 2.75) is 13.3 Å². The van der Waals surface area contributed by atoms with Crippen molar-refractivity contribution in [1.29, 1.82) is 0 Å². The van der Waals surface area contributed by atoms with E-state index in [2.05, 4.69) is 20.6 Å². The Hall–Kier alpha value is -2.54. The van der Waals surface area contributed by atoms with E-state index in [9.17, 15) is 0 Å². The van der Waals surface area contributed by atoms with Crippen LogP contribution < -0.4 is 20.1 Å². The number of ether oxygens (including phenoxy) is 3. The third-order valence-electron chi connectivity index (χ3n) is 3.31. The number of nitrogens with zero attached hydrogens (tertiary/aromatic N) is 2. The Morgan fingerprint density at radius 3 is 2.91 bits per heavy atom. The van der Waals surface area contributed by atoms with Crippen molar-refractivity contribution in [1.82, 2.24) is 9.97 Å². The van der Waals surface area contributed by atoms with E-state index in [1.807, 2.05) is 31.2 Å². The van der Waals surface area contributed by atoms with E-state index >= 15 is 0 Å². The Morgan fingerprint density at radius 2 is 2.04 bits per heavy atom. The molecule has 0 amide bonds. The van der Waals surface area contributed by atoms with Crippen LogP contribution in [0.4, 0.5) is 17.5 Å². The maximum absolute atomic E-state index is 5.38. The molecule has 7 nitrogen and oxygen atoms in total. The molecular weight excluding hydrogens is 296 g/mol. The maximum atomic E-state index is 5.38. The minimum absolute atomic E-state index is 0.265. The lowest BCUT2D eigenvalue weighted by atomic mass is 10.2. The zero-order valence-corrected chi connectivity index (χ0v) is 13.3. The number of fused-ring (bicyclic) bond motifs is 1. The maximum Gasteiger partial charge on any atom is 0.231 e. The number of methoxy groups -OCH3 is 1. The van der Waals surface area contributed by atoms with E-state index in [1.165, 1.54) is 0 Å². The van der Waals surface area contributed by atoms with Crippen LogP contribution in [-0.4, -0.2) is 37.0 Å². The van der Waals surface area contributed by atoms with Crippen molar-refractivity contribution in [3.05, 3.63) is 30.0 Å². The molecule has 122 valence electrons. The first kappa shape index (κ1) is 15.4. The second kappa shape index (κ2) is 7.15. The molecule has 0 saturated carbocycles. The molecular formula is C16H20N4O3. The summed E-state index contributed by atoms with van der Waals surface area (Å²) in [5.74, 6) is 2.82. The van der Waals surface area contributed by atoms with Gasteiger partial charge in [-0.05, 0) is 25.5 Å². The SMILES string of the molecule is COCCCNc1nc(C)cc(Nc2ccc3c(c2)OCO3)n1. The standard InChI is InChI=1S/C16H20N4O3/c1-11-8-15(20-16(18-11)17-6-3-7-21-2)19-12-4-5-13-14(9-12)23-10-22-13/h4-5,8-9H,3,6-7,10H2,1-2H3,(H2,17,18,19,20). The smallest absolute Gasteiger partial charge is 0.231 e. The van der Waals surface area contributed by atoms with Gasteiger partial charge in [0.05, 0.1) is 0 Å². The van der Waals surface area contributed by atoms with E-state index in [1.54, 1.807) is 7.11 Å². The number of nitrogens with one attached hydrogen (secondary N) is 2. The number of aromatic nitrogens is 2. The van der Waals surface area contributed by atoms with Crippen LogP contribution in [0, 0.1) is 6.92 Å². The van der Waals surface area contributed by atoms with Gasteiger partial charge in [-0.15, -0.1) is 0 Å². The summed E-state index contributed by atoms with van der Waals surface area (Å²) in [6, 6.07) is 7.59. The molecule has 7 heteroatoms. The van der Waals surface area contributed by atoms with Crippen LogP contribution in [0.5, 0.6) is 11.5 Å². The van der Waals surface area contributed by atoms with E-state index in [-0.39, 0.29) is 6.79 Å². The molecule has 1 aliphatic rings. The van der Waals surface area contributed by atoms with Crippen LogP contribution >= 0.6 is 0 Å². The quantitative estimate of drug-likeness (QED) is 0.760. The summed E-state index contributed by atoms with van der Waals surface area (Å²) in [4.78, 5) is 8.86. The van der Waals surface area contributed by atoms with Crippen LogP contribution in [0.15, 0.2) is 24.3 Å². The van der Waals surface area contributed by atoms with Gasteiger partial charge in [0.25, 0.3) is 0 Å². The number of hydrogen-bond donors (Lipinski definition) is 2. The van der Waals surface area contributed by atoms with Gasteiger partial charge in [-0.25, -0.2) is 4.98 Å². The van der Waals surface area contributed by atoms with Crippen molar-refractivity contribution in [3.63, 3.8) is 0 Å². The molecule has 1 aliphatic heterocycles. The summed E-state index contributed by atoms with van der Waals surface area (Å²) in [6.45, 7) is 3.68. The predicted molar refractivity (Wildman–Crippen MR) is 87.6 cm³/mol. The van der Waals surface area contributed by atoms with E-state index in [4.69, 9.17) is 14.2 Å². The van der Waals surface area contributed by atoms with Gasteiger partial charge in [0.2, 0.25) is 12.7 Å². The third-order valence-corrected chi connectivity index (χ3v) is 3.31. The third kappa shape index (κ3) is 4.01. The number of benzene rings is 1. The van der Waals surface area contributed by atoms with Crippen molar-refractivity contribution in [2.75, 3.05) is 37.7 Å². The van der Waals surface area contributed by atoms with Crippen LogP contribution in [0.1, 0.15) is 12.1 Å². The summed E-state index contributed by atoms with van der Waals surface area (Å²) in [5, 5.41) is 6.47. The highest BCUT2D eigenvalue weighted by Gasteiger charge is 2.13. The Bertz CT molecular complexity index is 678. The van der Waals surface area contributed by atoms with E-state index in [0.29, 0.717) is 12.6 Å². The number of rotatable bonds is 7. The van der Waals surface area contributed by atoms with Crippen molar-refractivity contribution < 1.29 is 14.2 Å². The number of anilines is 3. The average Bonchev–Trinajstić information content (AvgIpc) is 2.99. The summed E-state index contributed by atoms with van der Waals surface area (Å²) in [7, 11) is 1.69. The van der Waals surface area contributed by atoms with Gasteiger partial charge in [-0.1, -0.05) is 0 Å². The minimum atomic E-state index is 0.265. The second-order valence-electron chi connectivity index (χ2n) is 5.18. The number of hydrogen-bond acceptors (Lipinski definition) is 7. The monoisotopic (exact) mass is 316 g/mol. The van der Waals surface area contributed by atoms with Crippen LogP contribution in [-0.2, 0) is 4.74 Å². The highest BCUT2D eigenvalue weighted by atomic mass is 16.7. The van der Waals surface area contributed by atoms with Gasteiger partial charge in [0.1, 0.15) is 5.82 Å². The van der Waals surface area contributed by atoms with Gasteiger partial charge in [-0.2, -0.15) is 4.98 Å². The summed E-state index contributed by atoms with van der Waals surface area (Å²) in [5.41, 5.74) is 1.77. The van der Waals surface area contributed by atoms with Gasteiger partial charge in [-0.3, -0.25) is 0 Å². The molecule has 2 aromatic rings. The van der Waals surface area contributed by atoms with E-state index < -0.39 is 0 Å². The fraction of sp³-hybridized carbons (Fsp3) is 0.375. The first-order valence-corrected chi connectivity index (χ1v) is 7.50. The molecule has 0 spiro atoms. The zero-order chi connectivity index (χ0) is 16.1. The van der Waals surface area contributed by atoms with Crippen LogP contribution in [0.2, 0.25) is 0 Å². The molecule has 0 saturated heterocycles. The Morgan fingerprint density at radius 1 is 1.17 bits per heavy atom. The van der Waals surface area contributed by atoms with E-state index in [0.717, 1.165) is 41.7 Å². The van der Waals surface area contributed by atoms with Gasteiger partial charge >= 0.3 is 0 Å². The van der Waals surface area contributed by atoms with Gasteiger partial charge in [0.15, 0.2) is 11.5 Å². The highest BCUT2D eigenvalue weighted by molar-refractivity contribution is 5.62. The lowest BCUT2D eigenvalue weighted by molar-refractivity contribution is 0.174. The fourth-order valence-electron chi connectivity index (χ4n) is 2.25. The molecule has 0 unspecified atom stereocenters. The van der Waals surface area contributed by atoms with Crippen LogP contribution in [0.25, 0.3) is 0 Å². The zero-order valence-electron chi connectivity index (χ0n) is 13.3. The molecule has 3 rings (SSSR count). The number of aryl methyl sites for hydroxylation is 1. The van der Waals surface area contributed by atoms with Crippen molar-refractivity contribution >= 4 is 17.5 Å². The largest absolute Gasteiger partial charge is 0.454 e. The van der Waals surface area contributed by atoms with Gasteiger partial charge in [0, 0.05) is 43.8 Å². The van der Waals surface area contributed by atoms with Gasteiger partial charge < -0.3 is 24.8 Å². The summed E-state index contributed by atoms with van der Waals surface area (Å²) < 4.78 is 15.7. The lowest BCUT2D eigenvalue weighted by Gasteiger charge is -2.10. The molecule has 1 aromatic carbocycles. The van der Waals surface area contributed by atoms with Crippen LogP contribution in [0.3, 0.4) is 0 Å². The highest BCUT2D eigenvalue weighted by Crippen LogP contribution is 2.34. The van der Waals surface area contributed by atoms with Crippen molar-refractivity contribution in [2.24, 2.45) is 0 Å². The predicted octanol–water partition coefficient (Wildman–Crippen LogP) is 2.71. The first-order chi connectivity index (χ1) is 11.2. The topological polar surface area (TPSA) is 77.5 Å². The molecule has 0 aliphatic carbocycles. The minimum Gasteiger partial charge on any atom is -0.454 e. The second-order valence-corrected chi connectivity index (χ2v) is 5.18. The Labute approximate surface area is 135 Å². The molecule has 23 heavy (non-hydrogen) atoms. The Balaban J connectivity index is 1.68. The molecule has 2 N–H and O–H groups in total. The summed E-state index contributed by atoms with van der Waals surface area (Å²) >= 11 is 0. The average molecular weight is 316 g/mol. The fourth-order valence-corrected chi connectivity index (χ4v) is 2.25. The first-order valence-electron chi connectivity index (χ1n) is 7.50. The van der Waals surface area contributed by atoms with Crippen molar-refractivity contribution in [3.8, 4) is 11.5 Å².